The number of aliphatic hydroxyl groups is 1. The third-order valence-electron chi connectivity index (χ3n) is 2.54. The van der Waals surface area contributed by atoms with Gasteiger partial charge in [0.1, 0.15) is 4.88 Å². The van der Waals surface area contributed by atoms with Gasteiger partial charge in [-0.1, -0.05) is 22.4 Å². The van der Waals surface area contributed by atoms with Crippen LogP contribution in [0.5, 0.6) is 0 Å². The van der Waals surface area contributed by atoms with Gasteiger partial charge in [-0.3, -0.25) is 4.79 Å². The number of benzene rings is 1. The molecule has 20 heavy (non-hydrogen) atoms. The van der Waals surface area contributed by atoms with Gasteiger partial charge in [-0.25, -0.2) is 0 Å². The van der Waals surface area contributed by atoms with E-state index in [1.807, 2.05) is 25.1 Å². The van der Waals surface area contributed by atoms with Gasteiger partial charge < -0.3 is 10.4 Å². The van der Waals surface area contributed by atoms with Gasteiger partial charge in [0.15, 0.2) is 0 Å². The number of nitrogens with one attached hydrogen (secondary N) is 1. The van der Waals surface area contributed by atoms with Crippen LogP contribution in [0.2, 0.25) is 0 Å². The average Bonchev–Trinajstić information content (AvgIpc) is 2.96. The van der Waals surface area contributed by atoms with Gasteiger partial charge in [0.2, 0.25) is 0 Å². The molecule has 0 atom stereocenters. The summed E-state index contributed by atoms with van der Waals surface area (Å²) in [5.74, 6) is 5.61. The standard InChI is InChI=1S/C14H13N3O2S/c1-10-5-6-12(8-11(10)4-2-3-7-18)16-14(19)13-9-15-17-20-13/h5-6,8-9,18H,3,7H2,1H3,(H,16,19). The molecule has 5 nitrogen and oxygen atoms in total. The van der Waals surface area contributed by atoms with Gasteiger partial charge in [-0.05, 0) is 36.2 Å². The normalized spacial score (nSPS) is 9.70. The van der Waals surface area contributed by atoms with Crippen LogP contribution in [0, 0.1) is 18.8 Å². The maximum absolute atomic E-state index is 11.9. The lowest BCUT2D eigenvalue weighted by atomic mass is 10.1. The van der Waals surface area contributed by atoms with E-state index < -0.39 is 0 Å². The highest BCUT2D eigenvalue weighted by atomic mass is 32.1. The monoisotopic (exact) mass is 287 g/mol. The fourth-order valence-corrected chi connectivity index (χ4v) is 1.92. The van der Waals surface area contributed by atoms with E-state index in [-0.39, 0.29) is 12.5 Å². The molecule has 0 spiro atoms. The molecule has 0 bridgehead atoms. The van der Waals surface area contributed by atoms with Crippen molar-refractivity contribution >= 4 is 23.1 Å². The van der Waals surface area contributed by atoms with E-state index >= 15 is 0 Å². The Balaban J connectivity index is 2.15. The fourth-order valence-electron chi connectivity index (χ4n) is 1.51. The molecule has 1 aromatic heterocycles. The first-order chi connectivity index (χ1) is 9.70. The largest absolute Gasteiger partial charge is 0.395 e. The van der Waals surface area contributed by atoms with E-state index in [1.54, 1.807) is 0 Å². The van der Waals surface area contributed by atoms with Gasteiger partial charge in [-0.2, -0.15) is 0 Å². The summed E-state index contributed by atoms with van der Waals surface area (Å²) in [5.41, 5.74) is 2.52. The molecule has 0 unspecified atom stereocenters. The molecule has 0 aliphatic rings. The number of carbonyl (C=O) groups is 1. The third kappa shape index (κ3) is 3.63. The van der Waals surface area contributed by atoms with E-state index in [0.29, 0.717) is 17.0 Å². The molecule has 1 amide bonds. The number of aromatic nitrogens is 2. The highest BCUT2D eigenvalue weighted by molar-refractivity contribution is 7.07. The molecule has 2 rings (SSSR count). The first kappa shape index (κ1) is 14.2. The van der Waals surface area contributed by atoms with Crippen LogP contribution in [0.25, 0.3) is 0 Å². The summed E-state index contributed by atoms with van der Waals surface area (Å²) in [6.07, 6.45) is 1.86. The summed E-state index contributed by atoms with van der Waals surface area (Å²) in [6, 6.07) is 5.52. The number of carbonyl (C=O) groups excluding carboxylic acids is 1. The number of amides is 1. The van der Waals surface area contributed by atoms with Gasteiger partial charge in [0, 0.05) is 17.7 Å². The van der Waals surface area contributed by atoms with Crippen LogP contribution in [-0.4, -0.2) is 27.2 Å². The molecule has 2 N–H and O–H groups in total. The molecule has 102 valence electrons. The topological polar surface area (TPSA) is 75.1 Å². The number of nitrogens with zero attached hydrogens (tertiary/aromatic N) is 2. The summed E-state index contributed by atoms with van der Waals surface area (Å²) in [4.78, 5) is 12.3. The molecule has 2 aromatic rings. The SMILES string of the molecule is Cc1ccc(NC(=O)c2cnns2)cc1C#CCCO. The van der Waals surface area contributed by atoms with Crippen molar-refractivity contribution in [3.05, 3.63) is 40.4 Å². The Kier molecular flexibility index (Phi) is 4.82. The zero-order valence-electron chi connectivity index (χ0n) is 10.9. The number of hydrogen-bond donors (Lipinski definition) is 2. The van der Waals surface area contributed by atoms with Crippen LogP contribution in [0.1, 0.15) is 27.2 Å². The Hall–Kier alpha value is -2.23. The van der Waals surface area contributed by atoms with Gasteiger partial charge in [0.25, 0.3) is 5.91 Å². The Bertz CT molecular complexity index is 657. The smallest absolute Gasteiger partial charge is 0.269 e. The van der Waals surface area contributed by atoms with Crippen LogP contribution < -0.4 is 5.32 Å². The number of aryl methyl sites for hydroxylation is 1. The average molecular weight is 287 g/mol. The summed E-state index contributed by atoms with van der Waals surface area (Å²) >= 11 is 1.05. The lowest BCUT2D eigenvalue weighted by Crippen LogP contribution is -2.10. The summed E-state index contributed by atoms with van der Waals surface area (Å²) in [7, 11) is 0. The van der Waals surface area contributed by atoms with Crippen LogP contribution in [0.3, 0.4) is 0 Å². The van der Waals surface area contributed by atoms with Crippen molar-refractivity contribution < 1.29 is 9.90 Å². The molecule has 0 aliphatic carbocycles. The zero-order chi connectivity index (χ0) is 14.4. The number of anilines is 1. The molecule has 0 saturated carbocycles. The second kappa shape index (κ2) is 6.80. The zero-order valence-corrected chi connectivity index (χ0v) is 11.7. The Morgan fingerprint density at radius 2 is 2.35 bits per heavy atom. The maximum atomic E-state index is 11.9. The first-order valence-corrected chi connectivity index (χ1v) is 6.77. The molecule has 0 aliphatic heterocycles. The Labute approximate surface area is 120 Å². The molecule has 1 aromatic carbocycles. The second-order valence-electron chi connectivity index (χ2n) is 4.04. The maximum Gasteiger partial charge on any atom is 0.269 e. The van der Waals surface area contributed by atoms with Crippen molar-refractivity contribution in [2.75, 3.05) is 11.9 Å². The van der Waals surface area contributed by atoms with Crippen molar-refractivity contribution in [3.63, 3.8) is 0 Å². The lowest BCUT2D eigenvalue weighted by molar-refractivity contribution is 0.103. The molecule has 0 fully saturated rings. The Morgan fingerprint density at radius 3 is 3.05 bits per heavy atom. The van der Waals surface area contributed by atoms with Crippen molar-refractivity contribution in [3.8, 4) is 11.8 Å². The lowest BCUT2D eigenvalue weighted by Gasteiger charge is -2.05. The third-order valence-corrected chi connectivity index (χ3v) is 3.20. The van der Waals surface area contributed by atoms with Crippen LogP contribution >= 0.6 is 11.5 Å². The van der Waals surface area contributed by atoms with Crippen LogP contribution in [-0.2, 0) is 0 Å². The molecule has 0 radical (unpaired) electrons. The van der Waals surface area contributed by atoms with E-state index in [0.717, 1.165) is 22.7 Å². The van der Waals surface area contributed by atoms with Gasteiger partial charge in [-0.15, -0.1) is 5.10 Å². The minimum Gasteiger partial charge on any atom is -0.395 e. The van der Waals surface area contributed by atoms with Crippen molar-refractivity contribution in [1.29, 1.82) is 0 Å². The summed E-state index contributed by atoms with van der Waals surface area (Å²) in [6.45, 7) is 1.99. The van der Waals surface area contributed by atoms with Crippen molar-refractivity contribution in [2.45, 2.75) is 13.3 Å². The number of hydrogen-bond acceptors (Lipinski definition) is 5. The molecule has 0 saturated heterocycles. The van der Waals surface area contributed by atoms with Crippen molar-refractivity contribution in [2.24, 2.45) is 0 Å². The minimum atomic E-state index is -0.238. The quantitative estimate of drug-likeness (QED) is 0.845. The molecular weight excluding hydrogens is 274 g/mol. The summed E-state index contributed by atoms with van der Waals surface area (Å²) in [5, 5.41) is 15.1. The molecular formula is C14H13N3O2S. The van der Waals surface area contributed by atoms with Gasteiger partial charge in [0.05, 0.1) is 12.8 Å². The van der Waals surface area contributed by atoms with E-state index in [2.05, 4.69) is 26.7 Å². The highest BCUT2D eigenvalue weighted by Gasteiger charge is 2.09. The number of rotatable bonds is 3. The summed E-state index contributed by atoms with van der Waals surface area (Å²) < 4.78 is 3.65. The number of aliphatic hydroxyl groups excluding tert-OH is 1. The Morgan fingerprint density at radius 1 is 1.50 bits per heavy atom. The molecule has 1 heterocycles. The minimum absolute atomic E-state index is 0.0425. The van der Waals surface area contributed by atoms with Crippen molar-refractivity contribution in [1.82, 2.24) is 9.59 Å². The van der Waals surface area contributed by atoms with E-state index in [4.69, 9.17) is 5.11 Å². The van der Waals surface area contributed by atoms with E-state index in [9.17, 15) is 4.79 Å². The first-order valence-electron chi connectivity index (χ1n) is 6.00. The second-order valence-corrected chi connectivity index (χ2v) is 4.83. The molecule has 6 heteroatoms. The highest BCUT2D eigenvalue weighted by Crippen LogP contribution is 2.16. The predicted octanol–water partition coefficient (Wildman–Crippen LogP) is 1.83. The van der Waals surface area contributed by atoms with Gasteiger partial charge >= 0.3 is 0 Å². The van der Waals surface area contributed by atoms with Crippen LogP contribution in [0.4, 0.5) is 5.69 Å². The van der Waals surface area contributed by atoms with E-state index in [1.165, 1.54) is 6.20 Å². The fraction of sp³-hybridized carbons (Fsp3) is 0.214. The van der Waals surface area contributed by atoms with Crippen LogP contribution in [0.15, 0.2) is 24.4 Å². The predicted molar refractivity (Wildman–Crippen MR) is 77.6 cm³/mol.